The molecule has 2 unspecified atom stereocenters. The van der Waals surface area contributed by atoms with Crippen LogP contribution in [0.5, 0.6) is 0 Å². The molecule has 34 heavy (non-hydrogen) atoms. The molecule has 0 aliphatic heterocycles. The first kappa shape index (κ1) is 28.0. The molecule has 0 aromatic heterocycles. The van der Waals surface area contributed by atoms with Crippen LogP contribution in [-0.2, 0) is 26.0 Å². The number of sulfonamides is 1. The Hall–Kier alpha value is -2.29. The van der Waals surface area contributed by atoms with Gasteiger partial charge in [0.05, 0.1) is 22.0 Å². The number of hydrogen-bond donors (Lipinski definition) is 1. The second-order valence-electron chi connectivity index (χ2n) is 8.16. The number of nitrogens with zero attached hydrogens (tertiary/aromatic N) is 2. The van der Waals surface area contributed by atoms with E-state index in [2.05, 4.69) is 5.32 Å². The maximum Gasteiger partial charge on any atom is 0.244 e. The Kier molecular flexibility index (Phi) is 10.2. The second-order valence-corrected chi connectivity index (χ2v) is 10.9. The van der Waals surface area contributed by atoms with Gasteiger partial charge in [0.15, 0.2) is 0 Å². The first-order valence-electron chi connectivity index (χ1n) is 11.0. The third-order valence-corrected chi connectivity index (χ3v) is 7.47. The summed E-state index contributed by atoms with van der Waals surface area (Å²) in [6.07, 6.45) is 2.24. The Morgan fingerprint density at radius 1 is 1.03 bits per heavy atom. The highest BCUT2D eigenvalue weighted by Gasteiger charge is 2.31. The molecule has 0 fully saturated rings. The number of hydrogen-bond acceptors (Lipinski definition) is 4. The summed E-state index contributed by atoms with van der Waals surface area (Å²) in [6, 6.07) is 13.3. The Bertz CT molecular complexity index is 1100. The first-order valence-corrected chi connectivity index (χ1v) is 13.6. The van der Waals surface area contributed by atoms with Crippen LogP contribution in [-0.4, -0.2) is 56.6 Å². The van der Waals surface area contributed by atoms with Gasteiger partial charge < -0.3 is 10.2 Å². The van der Waals surface area contributed by atoms with Crippen LogP contribution >= 0.6 is 23.2 Å². The molecule has 2 atom stereocenters. The fourth-order valence-electron chi connectivity index (χ4n) is 3.32. The molecule has 0 spiro atoms. The molecule has 10 heteroatoms. The number of nitrogens with one attached hydrogen (secondary N) is 1. The molecule has 0 saturated carbocycles. The minimum absolute atomic E-state index is 0.0285. The highest BCUT2D eigenvalue weighted by Crippen LogP contribution is 2.33. The van der Waals surface area contributed by atoms with E-state index < -0.39 is 28.5 Å². The average Bonchev–Trinajstić information content (AvgIpc) is 2.79. The quantitative estimate of drug-likeness (QED) is 0.475. The summed E-state index contributed by atoms with van der Waals surface area (Å²) in [7, 11) is -3.88. The lowest BCUT2D eigenvalue weighted by molar-refractivity contribution is -0.139. The SMILES string of the molecule is CCC(C)NC(=O)C(C)N(CCc1ccccc1)C(=O)CN(c1cccc(Cl)c1Cl)S(C)(=O)=O. The minimum atomic E-state index is -3.88. The van der Waals surface area contributed by atoms with Crippen molar-refractivity contribution in [2.75, 3.05) is 23.7 Å². The topological polar surface area (TPSA) is 86.8 Å². The van der Waals surface area contributed by atoms with Crippen LogP contribution in [0.4, 0.5) is 5.69 Å². The summed E-state index contributed by atoms with van der Waals surface area (Å²) in [6.45, 7) is 5.19. The minimum Gasteiger partial charge on any atom is -0.352 e. The molecule has 2 rings (SSSR count). The molecular formula is C24H31Cl2N3O4S. The van der Waals surface area contributed by atoms with Crippen LogP contribution < -0.4 is 9.62 Å². The second kappa shape index (κ2) is 12.4. The van der Waals surface area contributed by atoms with E-state index in [1.54, 1.807) is 13.0 Å². The maximum absolute atomic E-state index is 13.5. The summed E-state index contributed by atoms with van der Waals surface area (Å²) in [5, 5.41) is 3.09. The number of carbonyl (C=O) groups is 2. The van der Waals surface area contributed by atoms with E-state index in [0.29, 0.717) is 6.42 Å². The van der Waals surface area contributed by atoms with Crippen LogP contribution in [0.1, 0.15) is 32.8 Å². The fourth-order valence-corrected chi connectivity index (χ4v) is 4.62. The summed E-state index contributed by atoms with van der Waals surface area (Å²) >= 11 is 12.3. The number of benzene rings is 2. The molecule has 0 aliphatic carbocycles. The molecule has 1 N–H and O–H groups in total. The third-order valence-electron chi connectivity index (χ3n) is 5.53. The largest absolute Gasteiger partial charge is 0.352 e. The zero-order valence-electron chi connectivity index (χ0n) is 19.8. The lowest BCUT2D eigenvalue weighted by atomic mass is 10.1. The molecular weight excluding hydrogens is 497 g/mol. The maximum atomic E-state index is 13.5. The summed E-state index contributed by atoms with van der Waals surface area (Å²) in [4.78, 5) is 27.7. The van der Waals surface area contributed by atoms with Crippen LogP contribution in [0.3, 0.4) is 0 Å². The molecule has 0 aliphatic rings. The number of anilines is 1. The van der Waals surface area contributed by atoms with Crippen LogP contribution in [0.25, 0.3) is 0 Å². The monoisotopic (exact) mass is 527 g/mol. The van der Waals surface area contributed by atoms with E-state index in [1.165, 1.54) is 17.0 Å². The summed E-state index contributed by atoms with van der Waals surface area (Å²) in [5.74, 6) is -0.827. The highest BCUT2D eigenvalue weighted by atomic mass is 35.5. The lowest BCUT2D eigenvalue weighted by Gasteiger charge is -2.32. The van der Waals surface area contributed by atoms with E-state index in [9.17, 15) is 18.0 Å². The Balaban J connectivity index is 2.35. The normalized spacial score (nSPS) is 13.1. The van der Waals surface area contributed by atoms with Gasteiger partial charge in [0, 0.05) is 12.6 Å². The summed E-state index contributed by atoms with van der Waals surface area (Å²) < 4.78 is 26.1. The van der Waals surface area contributed by atoms with Gasteiger partial charge in [0.2, 0.25) is 21.8 Å². The molecule has 0 heterocycles. The molecule has 2 aromatic carbocycles. The van der Waals surface area contributed by atoms with Crippen molar-refractivity contribution in [3.05, 3.63) is 64.1 Å². The van der Waals surface area contributed by atoms with Crippen LogP contribution in [0.2, 0.25) is 10.0 Å². The molecule has 0 saturated heterocycles. The molecule has 186 valence electrons. The number of amides is 2. The summed E-state index contributed by atoms with van der Waals surface area (Å²) in [5.41, 5.74) is 1.09. The zero-order valence-corrected chi connectivity index (χ0v) is 22.1. The lowest BCUT2D eigenvalue weighted by Crippen LogP contribution is -2.53. The van der Waals surface area contributed by atoms with E-state index in [4.69, 9.17) is 23.2 Å². The predicted octanol–water partition coefficient (Wildman–Crippen LogP) is 4.13. The van der Waals surface area contributed by atoms with Crippen molar-refractivity contribution in [3.8, 4) is 0 Å². The van der Waals surface area contributed by atoms with Crippen LogP contribution in [0.15, 0.2) is 48.5 Å². The number of carbonyl (C=O) groups excluding carboxylic acids is 2. The number of halogens is 2. The Morgan fingerprint density at radius 2 is 1.68 bits per heavy atom. The van der Waals surface area contributed by atoms with Crippen molar-refractivity contribution in [1.29, 1.82) is 0 Å². The van der Waals surface area contributed by atoms with E-state index in [-0.39, 0.29) is 34.2 Å². The first-order chi connectivity index (χ1) is 16.0. The molecule has 2 amide bonds. The van der Waals surface area contributed by atoms with Crippen molar-refractivity contribution < 1.29 is 18.0 Å². The van der Waals surface area contributed by atoms with E-state index in [0.717, 1.165) is 22.5 Å². The van der Waals surface area contributed by atoms with Crippen molar-refractivity contribution in [2.24, 2.45) is 0 Å². The van der Waals surface area contributed by atoms with Gasteiger partial charge in [-0.05, 0) is 44.4 Å². The molecule has 0 radical (unpaired) electrons. The van der Waals surface area contributed by atoms with Gasteiger partial charge >= 0.3 is 0 Å². The van der Waals surface area contributed by atoms with E-state index in [1.807, 2.05) is 44.2 Å². The van der Waals surface area contributed by atoms with Crippen molar-refractivity contribution in [2.45, 2.75) is 45.7 Å². The molecule has 2 aromatic rings. The Labute approximate surface area is 212 Å². The van der Waals surface area contributed by atoms with Gasteiger partial charge in [0.25, 0.3) is 0 Å². The predicted molar refractivity (Wildman–Crippen MR) is 138 cm³/mol. The van der Waals surface area contributed by atoms with Crippen molar-refractivity contribution in [3.63, 3.8) is 0 Å². The highest BCUT2D eigenvalue weighted by molar-refractivity contribution is 7.92. The van der Waals surface area contributed by atoms with Crippen LogP contribution in [0, 0.1) is 0 Å². The Morgan fingerprint density at radius 3 is 2.26 bits per heavy atom. The zero-order chi connectivity index (χ0) is 25.5. The average molecular weight is 529 g/mol. The fraction of sp³-hybridized carbons (Fsp3) is 0.417. The van der Waals surface area contributed by atoms with Crippen molar-refractivity contribution in [1.82, 2.24) is 10.2 Å². The van der Waals surface area contributed by atoms with Gasteiger partial charge in [-0.1, -0.05) is 66.5 Å². The van der Waals surface area contributed by atoms with Gasteiger partial charge in [-0.15, -0.1) is 0 Å². The smallest absolute Gasteiger partial charge is 0.244 e. The number of rotatable bonds is 11. The van der Waals surface area contributed by atoms with Gasteiger partial charge in [-0.2, -0.15) is 0 Å². The molecule has 7 nitrogen and oxygen atoms in total. The van der Waals surface area contributed by atoms with Gasteiger partial charge in [-0.3, -0.25) is 13.9 Å². The van der Waals surface area contributed by atoms with E-state index >= 15 is 0 Å². The van der Waals surface area contributed by atoms with Gasteiger partial charge in [0.1, 0.15) is 12.6 Å². The molecule has 0 bridgehead atoms. The third kappa shape index (κ3) is 7.61. The van der Waals surface area contributed by atoms with Crippen molar-refractivity contribution >= 4 is 50.7 Å². The standard InChI is InChI=1S/C24H31Cl2N3O4S/c1-5-17(2)27-24(31)18(3)28(15-14-19-10-7-6-8-11-19)22(30)16-29(34(4,32)33)21-13-9-12-20(25)23(21)26/h6-13,17-18H,5,14-16H2,1-4H3,(H,27,31). The van der Waals surface area contributed by atoms with Gasteiger partial charge in [-0.25, -0.2) is 8.42 Å².